The molecular weight excluding hydrogens is 150 g/mol. The van der Waals surface area contributed by atoms with Crippen molar-refractivity contribution >= 4 is 5.71 Å². The van der Waals surface area contributed by atoms with Gasteiger partial charge in [0.05, 0.1) is 0 Å². The van der Waals surface area contributed by atoms with Gasteiger partial charge in [-0.05, 0) is 11.6 Å². The van der Waals surface area contributed by atoms with Crippen LogP contribution in [0.15, 0.2) is 24.3 Å². The molecule has 62 valence electrons. The van der Waals surface area contributed by atoms with Crippen molar-refractivity contribution in [3.05, 3.63) is 40.6 Å². The van der Waals surface area contributed by atoms with E-state index in [4.69, 9.17) is 0 Å². The van der Waals surface area contributed by atoms with Crippen molar-refractivity contribution in [2.45, 2.75) is 13.3 Å². The van der Waals surface area contributed by atoms with E-state index in [2.05, 4.69) is 6.07 Å². The minimum Gasteiger partial charge on any atom is -0.624 e. The summed E-state index contributed by atoms with van der Waals surface area (Å²) >= 11 is 0. The van der Waals surface area contributed by atoms with Gasteiger partial charge in [0.15, 0.2) is 12.3 Å². The summed E-state index contributed by atoms with van der Waals surface area (Å²) in [5.74, 6) is 0. The Morgan fingerprint density at radius 3 is 2.92 bits per heavy atom. The zero-order valence-electron chi connectivity index (χ0n) is 7.08. The Labute approximate surface area is 71.7 Å². The third-order valence-electron chi connectivity index (χ3n) is 2.37. The highest BCUT2D eigenvalue weighted by molar-refractivity contribution is 5.96. The first kappa shape index (κ1) is 7.35. The summed E-state index contributed by atoms with van der Waals surface area (Å²) in [6.45, 7) is 2.48. The molecule has 1 heterocycles. The van der Waals surface area contributed by atoms with Crippen LogP contribution in [0.4, 0.5) is 0 Å². The Bertz CT molecular complexity index is 341. The van der Waals surface area contributed by atoms with E-state index in [-0.39, 0.29) is 0 Å². The number of hydroxylamine groups is 1. The molecule has 2 rings (SSSR count). The highest BCUT2D eigenvalue weighted by Gasteiger charge is 2.16. The molecule has 0 atom stereocenters. The number of hydrogen-bond donors (Lipinski definition) is 0. The van der Waals surface area contributed by atoms with E-state index in [9.17, 15) is 5.21 Å². The number of rotatable bonds is 0. The summed E-state index contributed by atoms with van der Waals surface area (Å²) in [5, 5.41) is 11.2. The molecule has 0 aromatic heterocycles. The van der Waals surface area contributed by atoms with E-state index in [1.54, 1.807) is 0 Å². The Morgan fingerprint density at radius 1 is 1.33 bits per heavy atom. The van der Waals surface area contributed by atoms with E-state index < -0.39 is 0 Å². The highest BCUT2D eigenvalue weighted by atomic mass is 16.5. The molecule has 1 aliphatic rings. The Balaban J connectivity index is 2.59. The van der Waals surface area contributed by atoms with Crippen LogP contribution in [0.3, 0.4) is 0 Å². The molecule has 1 aliphatic heterocycles. The SMILES string of the molecule is CC1=[N+]([O-])CCc2ccccc21. The predicted molar refractivity (Wildman–Crippen MR) is 48.4 cm³/mol. The van der Waals surface area contributed by atoms with Gasteiger partial charge < -0.3 is 5.21 Å². The summed E-state index contributed by atoms with van der Waals surface area (Å²) in [7, 11) is 0. The maximum atomic E-state index is 11.2. The number of benzene rings is 1. The highest BCUT2D eigenvalue weighted by Crippen LogP contribution is 2.14. The average Bonchev–Trinajstić information content (AvgIpc) is 2.12. The van der Waals surface area contributed by atoms with Gasteiger partial charge in [-0.15, -0.1) is 0 Å². The fourth-order valence-electron chi connectivity index (χ4n) is 1.62. The lowest BCUT2D eigenvalue weighted by Crippen LogP contribution is -2.23. The van der Waals surface area contributed by atoms with Gasteiger partial charge in [-0.1, -0.05) is 18.2 Å². The molecule has 0 saturated heterocycles. The molecule has 0 bridgehead atoms. The molecule has 12 heavy (non-hydrogen) atoms. The monoisotopic (exact) mass is 161 g/mol. The van der Waals surface area contributed by atoms with Gasteiger partial charge in [-0.3, -0.25) is 0 Å². The summed E-state index contributed by atoms with van der Waals surface area (Å²) in [4.78, 5) is 0. The van der Waals surface area contributed by atoms with Crippen molar-refractivity contribution in [1.82, 2.24) is 0 Å². The molecule has 0 radical (unpaired) electrons. The molecule has 0 fully saturated rings. The third kappa shape index (κ3) is 0.998. The maximum Gasteiger partial charge on any atom is 0.191 e. The Kier molecular flexibility index (Phi) is 1.61. The summed E-state index contributed by atoms with van der Waals surface area (Å²) in [6, 6.07) is 8.09. The zero-order chi connectivity index (χ0) is 8.55. The first-order valence-electron chi connectivity index (χ1n) is 4.15. The molecule has 0 amide bonds. The first-order chi connectivity index (χ1) is 5.79. The molecule has 0 N–H and O–H groups in total. The van der Waals surface area contributed by atoms with Crippen molar-refractivity contribution in [2.75, 3.05) is 6.54 Å². The second kappa shape index (κ2) is 2.63. The van der Waals surface area contributed by atoms with E-state index >= 15 is 0 Å². The second-order valence-corrected chi connectivity index (χ2v) is 3.09. The fourth-order valence-corrected chi connectivity index (χ4v) is 1.62. The van der Waals surface area contributed by atoms with Crippen molar-refractivity contribution in [1.29, 1.82) is 0 Å². The van der Waals surface area contributed by atoms with Crippen molar-refractivity contribution < 1.29 is 4.74 Å². The smallest absolute Gasteiger partial charge is 0.191 e. The zero-order valence-corrected chi connectivity index (χ0v) is 7.08. The first-order valence-corrected chi connectivity index (χ1v) is 4.15. The van der Waals surface area contributed by atoms with Crippen molar-refractivity contribution in [3.63, 3.8) is 0 Å². The van der Waals surface area contributed by atoms with E-state index in [0.29, 0.717) is 6.54 Å². The number of fused-ring (bicyclic) bond motifs is 1. The predicted octanol–water partition coefficient (Wildman–Crippen LogP) is 1.56. The summed E-state index contributed by atoms with van der Waals surface area (Å²) in [6.07, 6.45) is 0.872. The van der Waals surface area contributed by atoms with Crippen LogP contribution in [0.5, 0.6) is 0 Å². The Hall–Kier alpha value is -1.31. The van der Waals surface area contributed by atoms with Crippen LogP contribution in [-0.4, -0.2) is 17.0 Å². The van der Waals surface area contributed by atoms with Gasteiger partial charge in [-0.2, -0.15) is 0 Å². The molecular formula is C10H11NO. The lowest BCUT2D eigenvalue weighted by Gasteiger charge is -2.16. The van der Waals surface area contributed by atoms with Gasteiger partial charge in [0.1, 0.15) is 0 Å². The van der Waals surface area contributed by atoms with Gasteiger partial charge in [0, 0.05) is 18.9 Å². The number of hydrogen-bond acceptors (Lipinski definition) is 1. The quantitative estimate of drug-likeness (QED) is 0.419. The molecule has 2 heteroatoms. The number of nitrogens with zero attached hydrogens (tertiary/aromatic N) is 1. The van der Waals surface area contributed by atoms with Crippen molar-refractivity contribution in [3.8, 4) is 0 Å². The van der Waals surface area contributed by atoms with Crippen LogP contribution in [0.2, 0.25) is 0 Å². The van der Waals surface area contributed by atoms with Crippen LogP contribution in [0.25, 0.3) is 0 Å². The van der Waals surface area contributed by atoms with Crippen LogP contribution in [0, 0.1) is 5.21 Å². The lowest BCUT2D eigenvalue weighted by atomic mass is 9.99. The lowest BCUT2D eigenvalue weighted by molar-refractivity contribution is -0.458. The maximum absolute atomic E-state index is 11.2. The van der Waals surface area contributed by atoms with Crippen molar-refractivity contribution in [2.24, 2.45) is 0 Å². The topological polar surface area (TPSA) is 26.1 Å². The molecule has 0 saturated carbocycles. The van der Waals surface area contributed by atoms with Crippen LogP contribution in [-0.2, 0) is 6.42 Å². The molecule has 0 aliphatic carbocycles. The van der Waals surface area contributed by atoms with Crippen LogP contribution in [0.1, 0.15) is 18.1 Å². The summed E-state index contributed by atoms with van der Waals surface area (Å²) < 4.78 is 1.07. The fraction of sp³-hybridized carbons (Fsp3) is 0.300. The van der Waals surface area contributed by atoms with Gasteiger partial charge in [0.25, 0.3) is 0 Å². The molecule has 0 spiro atoms. The van der Waals surface area contributed by atoms with Gasteiger partial charge in [0.2, 0.25) is 0 Å². The summed E-state index contributed by atoms with van der Waals surface area (Å²) in [5.41, 5.74) is 3.25. The molecule has 0 unspecified atom stereocenters. The van der Waals surface area contributed by atoms with E-state index in [1.165, 1.54) is 5.56 Å². The van der Waals surface area contributed by atoms with Crippen LogP contribution < -0.4 is 0 Å². The van der Waals surface area contributed by atoms with Gasteiger partial charge in [-0.25, -0.2) is 4.74 Å². The molecule has 1 aromatic carbocycles. The largest absolute Gasteiger partial charge is 0.624 e. The molecule has 2 nitrogen and oxygen atoms in total. The normalized spacial score (nSPS) is 16.1. The second-order valence-electron chi connectivity index (χ2n) is 3.09. The van der Waals surface area contributed by atoms with E-state index in [0.717, 1.165) is 22.4 Å². The van der Waals surface area contributed by atoms with Crippen LogP contribution >= 0.6 is 0 Å². The van der Waals surface area contributed by atoms with Gasteiger partial charge >= 0.3 is 0 Å². The third-order valence-corrected chi connectivity index (χ3v) is 2.37. The minimum absolute atomic E-state index is 0.600. The molecule has 1 aromatic rings. The Morgan fingerprint density at radius 2 is 2.08 bits per heavy atom. The van der Waals surface area contributed by atoms with E-state index in [1.807, 2.05) is 25.1 Å². The standard InChI is InChI=1S/C10H11NO/c1-8-10-5-3-2-4-9(10)6-7-11(8)12/h2-5H,6-7H2,1H3. The average molecular weight is 161 g/mol. The minimum atomic E-state index is 0.600.